The predicted octanol–water partition coefficient (Wildman–Crippen LogP) is 0.849. The van der Waals surface area contributed by atoms with Crippen molar-refractivity contribution in [2.24, 2.45) is 0 Å². The van der Waals surface area contributed by atoms with Crippen molar-refractivity contribution in [3.8, 4) is 0 Å². The summed E-state index contributed by atoms with van der Waals surface area (Å²) in [6.07, 6.45) is 1.15. The first kappa shape index (κ1) is 12.7. The number of nitrogens with one attached hydrogen (secondary N) is 1. The van der Waals surface area contributed by atoms with E-state index >= 15 is 0 Å². The molecule has 0 spiro atoms. The Hall–Kier alpha value is -1.36. The molecule has 0 aliphatic heterocycles. The quantitative estimate of drug-likeness (QED) is 0.850. The van der Waals surface area contributed by atoms with Crippen molar-refractivity contribution in [3.05, 3.63) is 35.9 Å². The summed E-state index contributed by atoms with van der Waals surface area (Å²) in [6, 6.07) is 8.32. The summed E-state index contributed by atoms with van der Waals surface area (Å²) in [5.74, 6) is -0.303. The van der Waals surface area contributed by atoms with Gasteiger partial charge < -0.3 is 5.32 Å². The Morgan fingerprint density at radius 1 is 1.31 bits per heavy atom. The van der Waals surface area contributed by atoms with Gasteiger partial charge in [-0.15, -0.1) is 0 Å². The fourth-order valence-electron chi connectivity index (χ4n) is 1.39. The maximum Gasteiger partial charge on any atom is 0.251 e. The number of carbonyl (C=O) groups is 1. The van der Waals surface area contributed by atoms with Crippen LogP contribution in [-0.2, 0) is 9.84 Å². The van der Waals surface area contributed by atoms with Crippen molar-refractivity contribution in [2.75, 3.05) is 12.0 Å². The summed E-state index contributed by atoms with van der Waals surface area (Å²) in [6.45, 7) is 1.67. The molecule has 16 heavy (non-hydrogen) atoms. The second kappa shape index (κ2) is 5.12. The number of hydrogen-bond donors (Lipinski definition) is 1. The molecule has 0 radical (unpaired) electrons. The van der Waals surface area contributed by atoms with Crippen LogP contribution in [0.5, 0.6) is 0 Å². The number of amides is 1. The average molecular weight is 241 g/mol. The van der Waals surface area contributed by atoms with Crippen molar-refractivity contribution < 1.29 is 13.2 Å². The Kier molecular flexibility index (Phi) is 4.06. The number of rotatable bonds is 4. The maximum atomic E-state index is 11.6. The highest BCUT2D eigenvalue weighted by Crippen LogP contribution is 1.99. The van der Waals surface area contributed by atoms with Crippen LogP contribution in [0.15, 0.2) is 30.3 Å². The highest BCUT2D eigenvalue weighted by atomic mass is 32.2. The maximum absolute atomic E-state index is 11.6. The van der Waals surface area contributed by atoms with Gasteiger partial charge >= 0.3 is 0 Å². The normalized spacial score (nSPS) is 13.1. The molecule has 1 rings (SSSR count). The topological polar surface area (TPSA) is 63.2 Å². The van der Waals surface area contributed by atoms with Crippen LogP contribution in [0.2, 0.25) is 0 Å². The number of carbonyl (C=O) groups excluding carboxylic acids is 1. The van der Waals surface area contributed by atoms with E-state index in [9.17, 15) is 13.2 Å². The van der Waals surface area contributed by atoms with Crippen LogP contribution in [-0.4, -0.2) is 32.4 Å². The molecule has 88 valence electrons. The van der Waals surface area contributed by atoms with E-state index < -0.39 is 9.84 Å². The van der Waals surface area contributed by atoms with Gasteiger partial charge in [-0.1, -0.05) is 18.2 Å². The van der Waals surface area contributed by atoms with Crippen molar-refractivity contribution in [1.29, 1.82) is 0 Å². The average Bonchev–Trinajstić information content (AvgIpc) is 2.16. The summed E-state index contributed by atoms with van der Waals surface area (Å²) in [5, 5.41) is 2.63. The van der Waals surface area contributed by atoms with Crippen molar-refractivity contribution in [1.82, 2.24) is 5.32 Å². The van der Waals surface area contributed by atoms with Crippen LogP contribution in [0.3, 0.4) is 0 Å². The standard InChI is InChI=1S/C11H15NO3S/c1-9(8-16(2,14)15)12-11(13)10-6-4-3-5-7-10/h3-7,9H,8H2,1-2H3,(H,12,13). The van der Waals surface area contributed by atoms with Crippen molar-refractivity contribution in [2.45, 2.75) is 13.0 Å². The molecule has 0 aliphatic carbocycles. The third kappa shape index (κ3) is 4.44. The highest BCUT2D eigenvalue weighted by Gasteiger charge is 2.13. The van der Waals surface area contributed by atoms with Gasteiger partial charge in [-0.2, -0.15) is 0 Å². The molecule has 0 aliphatic rings. The van der Waals surface area contributed by atoms with Crippen LogP contribution in [0.4, 0.5) is 0 Å². The Balaban J connectivity index is 2.59. The molecule has 0 aromatic heterocycles. The fraction of sp³-hybridized carbons (Fsp3) is 0.364. The molecular weight excluding hydrogens is 226 g/mol. The highest BCUT2D eigenvalue weighted by molar-refractivity contribution is 7.90. The van der Waals surface area contributed by atoms with Gasteiger partial charge in [-0.05, 0) is 19.1 Å². The first-order valence-electron chi connectivity index (χ1n) is 4.92. The SMILES string of the molecule is CC(CS(C)(=O)=O)NC(=O)c1ccccc1. The second-order valence-corrected chi connectivity index (χ2v) is 6.02. The number of benzene rings is 1. The van der Waals surface area contributed by atoms with E-state index in [1.54, 1.807) is 31.2 Å². The molecule has 1 unspecified atom stereocenters. The lowest BCUT2D eigenvalue weighted by atomic mass is 10.2. The lowest BCUT2D eigenvalue weighted by Gasteiger charge is -2.12. The van der Waals surface area contributed by atoms with Gasteiger partial charge in [0.15, 0.2) is 0 Å². The third-order valence-corrected chi connectivity index (χ3v) is 3.07. The van der Waals surface area contributed by atoms with Crippen LogP contribution in [0, 0.1) is 0 Å². The fourth-order valence-corrected chi connectivity index (χ4v) is 2.38. The molecule has 1 aromatic rings. The minimum atomic E-state index is -3.07. The summed E-state index contributed by atoms with van der Waals surface area (Å²) in [5.41, 5.74) is 0.530. The Bertz CT molecular complexity index is 453. The minimum Gasteiger partial charge on any atom is -0.349 e. The lowest BCUT2D eigenvalue weighted by molar-refractivity contribution is 0.0943. The monoisotopic (exact) mass is 241 g/mol. The molecule has 5 heteroatoms. The molecular formula is C11H15NO3S. The van der Waals surface area contributed by atoms with E-state index in [4.69, 9.17) is 0 Å². The van der Waals surface area contributed by atoms with E-state index in [-0.39, 0.29) is 17.7 Å². The summed E-state index contributed by atoms with van der Waals surface area (Å²) in [7, 11) is -3.07. The molecule has 1 aromatic carbocycles. The smallest absolute Gasteiger partial charge is 0.251 e. The van der Waals surface area contributed by atoms with Gasteiger partial charge in [-0.25, -0.2) is 8.42 Å². The molecule has 0 bridgehead atoms. The summed E-state index contributed by atoms with van der Waals surface area (Å²) >= 11 is 0. The number of sulfone groups is 1. The summed E-state index contributed by atoms with van der Waals surface area (Å²) in [4.78, 5) is 11.6. The summed E-state index contributed by atoms with van der Waals surface area (Å²) < 4.78 is 22.0. The molecule has 4 nitrogen and oxygen atoms in total. The molecule has 1 atom stereocenters. The molecule has 0 saturated carbocycles. The number of hydrogen-bond acceptors (Lipinski definition) is 3. The van der Waals surface area contributed by atoms with Crippen LogP contribution >= 0.6 is 0 Å². The van der Waals surface area contributed by atoms with E-state index in [1.165, 1.54) is 0 Å². The van der Waals surface area contributed by atoms with E-state index in [0.717, 1.165) is 6.26 Å². The minimum absolute atomic E-state index is 0.0500. The third-order valence-electron chi connectivity index (χ3n) is 1.97. The largest absolute Gasteiger partial charge is 0.349 e. The van der Waals surface area contributed by atoms with E-state index in [0.29, 0.717) is 5.56 Å². The van der Waals surface area contributed by atoms with E-state index in [2.05, 4.69) is 5.32 Å². The van der Waals surface area contributed by atoms with Crippen LogP contribution in [0.1, 0.15) is 17.3 Å². The first-order chi connectivity index (χ1) is 7.38. The Labute approximate surface area is 95.6 Å². The zero-order valence-electron chi connectivity index (χ0n) is 9.30. The van der Waals surface area contributed by atoms with E-state index in [1.807, 2.05) is 6.07 Å². The van der Waals surface area contributed by atoms with Gasteiger partial charge in [0.05, 0.1) is 5.75 Å². The molecule has 1 N–H and O–H groups in total. The zero-order valence-corrected chi connectivity index (χ0v) is 10.1. The second-order valence-electron chi connectivity index (χ2n) is 3.83. The Morgan fingerprint density at radius 3 is 2.38 bits per heavy atom. The molecule has 0 heterocycles. The van der Waals surface area contributed by atoms with Gasteiger partial charge in [-0.3, -0.25) is 4.79 Å². The zero-order chi connectivity index (χ0) is 12.2. The predicted molar refractivity (Wildman–Crippen MR) is 63.1 cm³/mol. The van der Waals surface area contributed by atoms with Crippen LogP contribution < -0.4 is 5.32 Å². The van der Waals surface area contributed by atoms with Gasteiger partial charge in [0.25, 0.3) is 5.91 Å². The first-order valence-corrected chi connectivity index (χ1v) is 6.98. The van der Waals surface area contributed by atoms with Crippen molar-refractivity contribution in [3.63, 3.8) is 0 Å². The lowest BCUT2D eigenvalue weighted by Crippen LogP contribution is -2.37. The molecule has 0 fully saturated rings. The van der Waals surface area contributed by atoms with Gasteiger partial charge in [0.2, 0.25) is 0 Å². The molecule has 0 saturated heterocycles. The van der Waals surface area contributed by atoms with Crippen LogP contribution in [0.25, 0.3) is 0 Å². The van der Waals surface area contributed by atoms with Gasteiger partial charge in [0.1, 0.15) is 9.84 Å². The van der Waals surface area contributed by atoms with Crippen molar-refractivity contribution >= 4 is 15.7 Å². The molecule has 1 amide bonds. The Morgan fingerprint density at radius 2 is 1.88 bits per heavy atom. The van der Waals surface area contributed by atoms with Gasteiger partial charge in [0, 0.05) is 17.9 Å².